The van der Waals surface area contributed by atoms with Crippen LogP contribution in [0.15, 0.2) is 22.7 Å². The van der Waals surface area contributed by atoms with Crippen molar-refractivity contribution < 1.29 is 9.13 Å². The first-order chi connectivity index (χ1) is 9.13. The van der Waals surface area contributed by atoms with Gasteiger partial charge in [0, 0.05) is 23.0 Å². The molecule has 1 aliphatic heterocycles. The molecule has 3 nitrogen and oxygen atoms in total. The molecule has 3 atom stereocenters. The summed E-state index contributed by atoms with van der Waals surface area (Å²) in [5, 5.41) is 0. The van der Waals surface area contributed by atoms with Gasteiger partial charge in [-0.05, 0) is 43.0 Å². The second kappa shape index (κ2) is 6.79. The lowest BCUT2D eigenvalue weighted by Gasteiger charge is -2.26. The minimum absolute atomic E-state index is 0.112. The Morgan fingerprint density at radius 1 is 1.53 bits per heavy atom. The van der Waals surface area contributed by atoms with Crippen molar-refractivity contribution in [1.82, 2.24) is 5.43 Å². The number of nitrogens with two attached hydrogens (primary N) is 1. The summed E-state index contributed by atoms with van der Waals surface area (Å²) < 4.78 is 19.9. The third-order valence-electron chi connectivity index (χ3n) is 3.77. The van der Waals surface area contributed by atoms with E-state index < -0.39 is 0 Å². The first kappa shape index (κ1) is 14.9. The summed E-state index contributed by atoms with van der Waals surface area (Å²) in [6.07, 6.45) is 2.94. The highest BCUT2D eigenvalue weighted by Crippen LogP contribution is 2.28. The number of hydrogen-bond acceptors (Lipinski definition) is 3. The summed E-state index contributed by atoms with van der Waals surface area (Å²) in [5.74, 6) is 5.84. The number of halogens is 2. The molecule has 1 fully saturated rings. The second-order valence-electron chi connectivity index (χ2n) is 5.03. The molecule has 1 heterocycles. The molecule has 1 aliphatic rings. The van der Waals surface area contributed by atoms with Gasteiger partial charge in [-0.15, -0.1) is 0 Å². The van der Waals surface area contributed by atoms with Crippen LogP contribution in [0.3, 0.4) is 0 Å². The van der Waals surface area contributed by atoms with Crippen molar-refractivity contribution in [3.05, 3.63) is 34.1 Å². The first-order valence-electron chi connectivity index (χ1n) is 6.66. The molecule has 0 aliphatic carbocycles. The highest BCUT2D eigenvalue weighted by molar-refractivity contribution is 9.10. The maximum Gasteiger partial charge on any atom is 0.124 e. The molecule has 3 unspecified atom stereocenters. The van der Waals surface area contributed by atoms with E-state index in [0.717, 1.165) is 29.5 Å². The predicted molar refractivity (Wildman–Crippen MR) is 77.1 cm³/mol. The number of ether oxygens (including phenoxy) is 1. The van der Waals surface area contributed by atoms with E-state index >= 15 is 0 Å². The van der Waals surface area contributed by atoms with Crippen LogP contribution < -0.4 is 11.3 Å². The van der Waals surface area contributed by atoms with Gasteiger partial charge in [-0.3, -0.25) is 11.3 Å². The highest BCUT2D eigenvalue weighted by Gasteiger charge is 2.33. The summed E-state index contributed by atoms with van der Waals surface area (Å²) in [6, 6.07) is 5.07. The lowest BCUT2D eigenvalue weighted by atomic mass is 9.87. The van der Waals surface area contributed by atoms with Crippen LogP contribution in [0.5, 0.6) is 0 Å². The lowest BCUT2D eigenvalue weighted by molar-refractivity contribution is 0.0774. The Balaban J connectivity index is 2.10. The van der Waals surface area contributed by atoms with E-state index in [0.29, 0.717) is 12.3 Å². The monoisotopic (exact) mass is 330 g/mol. The molecule has 5 heteroatoms. The zero-order valence-corrected chi connectivity index (χ0v) is 12.6. The molecule has 0 aromatic heterocycles. The average Bonchev–Trinajstić information content (AvgIpc) is 2.82. The van der Waals surface area contributed by atoms with Crippen LogP contribution in [0, 0.1) is 11.7 Å². The molecule has 0 bridgehead atoms. The van der Waals surface area contributed by atoms with Crippen molar-refractivity contribution in [3.8, 4) is 0 Å². The Kier molecular flexibility index (Phi) is 5.33. The van der Waals surface area contributed by atoms with Gasteiger partial charge in [0.25, 0.3) is 0 Å². The predicted octanol–water partition coefficient (Wildman–Crippen LogP) is 2.78. The van der Waals surface area contributed by atoms with Gasteiger partial charge < -0.3 is 4.74 Å². The van der Waals surface area contributed by atoms with Crippen LogP contribution in [-0.4, -0.2) is 18.8 Å². The smallest absolute Gasteiger partial charge is 0.124 e. The summed E-state index contributed by atoms with van der Waals surface area (Å²) in [7, 11) is 0. The van der Waals surface area contributed by atoms with Crippen LogP contribution in [0.2, 0.25) is 0 Å². The van der Waals surface area contributed by atoms with E-state index in [2.05, 4.69) is 28.3 Å². The molecular formula is C14H20BrFN2O. The zero-order chi connectivity index (χ0) is 13.8. The Labute approximate surface area is 121 Å². The van der Waals surface area contributed by atoms with Gasteiger partial charge in [-0.2, -0.15) is 0 Å². The highest BCUT2D eigenvalue weighted by atomic mass is 79.9. The number of hydrazine groups is 1. The first-order valence-corrected chi connectivity index (χ1v) is 7.46. The largest absolute Gasteiger partial charge is 0.378 e. The molecule has 1 saturated heterocycles. The van der Waals surface area contributed by atoms with Gasteiger partial charge in [0.2, 0.25) is 0 Å². The van der Waals surface area contributed by atoms with Crippen molar-refractivity contribution >= 4 is 15.9 Å². The molecule has 3 N–H and O–H groups in total. The molecule has 19 heavy (non-hydrogen) atoms. The van der Waals surface area contributed by atoms with E-state index in [9.17, 15) is 4.39 Å². The molecule has 2 rings (SSSR count). The van der Waals surface area contributed by atoms with E-state index in [1.54, 1.807) is 6.07 Å². The van der Waals surface area contributed by atoms with Gasteiger partial charge in [-0.25, -0.2) is 4.39 Å². The van der Waals surface area contributed by atoms with Gasteiger partial charge in [-0.1, -0.05) is 22.9 Å². The van der Waals surface area contributed by atoms with Gasteiger partial charge in [0.05, 0.1) is 6.10 Å². The fraction of sp³-hybridized carbons (Fsp3) is 0.571. The molecule has 0 radical (unpaired) electrons. The maximum atomic E-state index is 13.4. The fourth-order valence-electron chi connectivity index (χ4n) is 2.86. The number of nitrogens with one attached hydrogen (secondary N) is 1. The van der Waals surface area contributed by atoms with Crippen molar-refractivity contribution in [2.75, 3.05) is 6.61 Å². The van der Waals surface area contributed by atoms with Crippen molar-refractivity contribution in [2.24, 2.45) is 11.8 Å². The van der Waals surface area contributed by atoms with E-state index in [1.807, 2.05) is 6.07 Å². The van der Waals surface area contributed by atoms with E-state index in [4.69, 9.17) is 10.6 Å². The molecule has 1 aromatic rings. The quantitative estimate of drug-likeness (QED) is 0.644. The summed E-state index contributed by atoms with van der Waals surface area (Å²) in [6.45, 7) is 2.91. The molecule has 0 saturated carbocycles. The molecule has 0 spiro atoms. The number of rotatable bonds is 5. The SMILES string of the molecule is CCC1OCCC1C(Cc1cc(F)cc(Br)c1)NN. The third kappa shape index (κ3) is 3.75. The Hall–Kier alpha value is -0.490. The second-order valence-corrected chi connectivity index (χ2v) is 5.94. The van der Waals surface area contributed by atoms with E-state index in [-0.39, 0.29) is 18.0 Å². The van der Waals surface area contributed by atoms with Gasteiger partial charge in [0.1, 0.15) is 5.82 Å². The number of hydrogen-bond donors (Lipinski definition) is 2. The lowest BCUT2D eigenvalue weighted by Crippen LogP contribution is -2.45. The summed E-state index contributed by atoms with van der Waals surface area (Å²) >= 11 is 3.32. The normalized spacial score (nSPS) is 24.6. The average molecular weight is 331 g/mol. The standard InChI is InChI=1S/C14H20BrFN2O/c1-2-14-12(3-4-19-14)13(18-17)7-9-5-10(15)8-11(16)6-9/h5-6,8,12-14,18H,2-4,7,17H2,1H3. The van der Waals surface area contributed by atoms with Crippen molar-refractivity contribution in [1.29, 1.82) is 0 Å². The summed E-state index contributed by atoms with van der Waals surface area (Å²) in [5.41, 5.74) is 3.82. The molecule has 1 aromatic carbocycles. The van der Waals surface area contributed by atoms with Crippen molar-refractivity contribution in [2.45, 2.75) is 38.3 Å². The van der Waals surface area contributed by atoms with Crippen LogP contribution >= 0.6 is 15.9 Å². The Bertz CT molecular complexity index is 410. The van der Waals surface area contributed by atoms with Crippen LogP contribution in [0.25, 0.3) is 0 Å². The minimum atomic E-state index is -0.227. The third-order valence-corrected chi connectivity index (χ3v) is 4.23. The minimum Gasteiger partial charge on any atom is -0.378 e. The molecule has 0 amide bonds. The van der Waals surface area contributed by atoms with Crippen LogP contribution in [0.1, 0.15) is 25.3 Å². The number of benzene rings is 1. The maximum absolute atomic E-state index is 13.4. The van der Waals surface area contributed by atoms with Gasteiger partial charge >= 0.3 is 0 Å². The Morgan fingerprint density at radius 2 is 2.32 bits per heavy atom. The zero-order valence-electron chi connectivity index (χ0n) is 11.0. The summed E-state index contributed by atoms with van der Waals surface area (Å²) in [4.78, 5) is 0. The van der Waals surface area contributed by atoms with Crippen molar-refractivity contribution in [3.63, 3.8) is 0 Å². The molecular weight excluding hydrogens is 311 g/mol. The Morgan fingerprint density at radius 3 is 2.95 bits per heavy atom. The van der Waals surface area contributed by atoms with Gasteiger partial charge in [0.15, 0.2) is 0 Å². The van der Waals surface area contributed by atoms with Crippen LogP contribution in [-0.2, 0) is 11.2 Å². The fourth-order valence-corrected chi connectivity index (χ4v) is 3.38. The topological polar surface area (TPSA) is 47.3 Å². The molecule has 106 valence electrons. The van der Waals surface area contributed by atoms with E-state index in [1.165, 1.54) is 6.07 Å². The van der Waals surface area contributed by atoms with Crippen LogP contribution in [0.4, 0.5) is 4.39 Å².